The van der Waals surface area contributed by atoms with Crippen LogP contribution in [0.1, 0.15) is 36.2 Å². The summed E-state index contributed by atoms with van der Waals surface area (Å²) in [6, 6.07) is 23.1. The third kappa shape index (κ3) is 8.18. The fourth-order valence-electron chi connectivity index (χ4n) is 3.11. The van der Waals surface area contributed by atoms with Crippen LogP contribution >= 0.6 is 28.1 Å². The van der Waals surface area contributed by atoms with E-state index in [1.54, 1.807) is 12.1 Å². The zero-order valence-electron chi connectivity index (χ0n) is 18.6. The lowest BCUT2D eigenvalue weighted by atomic mass is 10.1. The molecule has 0 saturated heterocycles. The summed E-state index contributed by atoms with van der Waals surface area (Å²) in [7, 11) is 0. The Hall–Kier alpha value is -2.90. The summed E-state index contributed by atoms with van der Waals surface area (Å²) in [6.45, 7) is 4.46. The van der Waals surface area contributed by atoms with Crippen LogP contribution in [0.5, 0.6) is 11.5 Å². The van der Waals surface area contributed by atoms with Crippen LogP contribution in [0.4, 0.5) is 5.69 Å². The summed E-state index contributed by atoms with van der Waals surface area (Å²) in [5.74, 6) is 0.943. The van der Waals surface area contributed by atoms with Gasteiger partial charge in [-0.25, -0.2) is 0 Å². The molecule has 0 aliphatic carbocycles. The van der Waals surface area contributed by atoms with Gasteiger partial charge in [-0.05, 0) is 86.9 Å². The molecule has 0 unspecified atom stereocenters. The Morgan fingerprint density at radius 2 is 1.76 bits per heavy atom. The van der Waals surface area contributed by atoms with Gasteiger partial charge in [0.05, 0.1) is 18.3 Å². The molecule has 0 saturated carbocycles. The van der Waals surface area contributed by atoms with E-state index in [0.717, 1.165) is 28.8 Å². The van der Waals surface area contributed by atoms with Crippen molar-refractivity contribution >= 4 is 44.9 Å². The molecule has 0 aliphatic heterocycles. The van der Waals surface area contributed by atoms with Crippen molar-refractivity contribution in [3.8, 4) is 11.5 Å². The number of hydrogen-bond acceptors (Lipinski definition) is 4. The number of hydrogen-bond donors (Lipinski definition) is 2. The van der Waals surface area contributed by atoms with Crippen molar-refractivity contribution < 1.29 is 14.3 Å². The van der Waals surface area contributed by atoms with Crippen molar-refractivity contribution in [2.75, 3.05) is 11.9 Å². The van der Waals surface area contributed by atoms with E-state index in [9.17, 15) is 4.79 Å². The highest BCUT2D eigenvalue weighted by Crippen LogP contribution is 2.24. The summed E-state index contributed by atoms with van der Waals surface area (Å²) in [5.41, 5.74) is 2.47. The van der Waals surface area contributed by atoms with Gasteiger partial charge in [-0.3, -0.25) is 10.1 Å². The van der Waals surface area contributed by atoms with Crippen LogP contribution in [0, 0.1) is 0 Å². The van der Waals surface area contributed by atoms with E-state index in [2.05, 4.69) is 38.7 Å². The monoisotopic (exact) mass is 526 g/mol. The van der Waals surface area contributed by atoms with Gasteiger partial charge in [0.1, 0.15) is 11.5 Å². The molecule has 0 atom stereocenters. The molecule has 5 nitrogen and oxygen atoms in total. The minimum absolute atomic E-state index is 0.0538. The first-order valence-corrected chi connectivity index (χ1v) is 12.0. The number of ether oxygens (including phenoxy) is 2. The van der Waals surface area contributed by atoms with Gasteiger partial charge in [0, 0.05) is 10.2 Å². The maximum atomic E-state index is 12.7. The van der Waals surface area contributed by atoms with Crippen molar-refractivity contribution in [1.29, 1.82) is 0 Å². The molecule has 0 fully saturated rings. The van der Waals surface area contributed by atoms with Gasteiger partial charge < -0.3 is 14.8 Å². The van der Waals surface area contributed by atoms with Crippen LogP contribution < -0.4 is 20.1 Å². The Labute approximate surface area is 208 Å². The predicted molar refractivity (Wildman–Crippen MR) is 140 cm³/mol. The molecule has 0 radical (unpaired) electrons. The lowest BCUT2D eigenvalue weighted by molar-refractivity contribution is 0.0972. The summed E-state index contributed by atoms with van der Waals surface area (Å²) >= 11 is 8.71. The van der Waals surface area contributed by atoms with E-state index < -0.39 is 0 Å². The predicted octanol–water partition coefficient (Wildman–Crippen LogP) is 6.37. The number of rotatable bonds is 9. The lowest BCUT2D eigenvalue weighted by Crippen LogP contribution is -2.34. The first-order chi connectivity index (χ1) is 15.9. The number of carbonyl (C=O) groups is 1. The van der Waals surface area contributed by atoms with Gasteiger partial charge >= 0.3 is 0 Å². The molecule has 0 heterocycles. The quantitative estimate of drug-likeness (QED) is 0.250. The fraction of sp³-hybridized carbons (Fsp3) is 0.231. The van der Waals surface area contributed by atoms with E-state index in [1.807, 2.05) is 62.4 Å². The van der Waals surface area contributed by atoms with E-state index in [0.29, 0.717) is 17.9 Å². The zero-order chi connectivity index (χ0) is 23.6. The summed E-state index contributed by atoms with van der Waals surface area (Å²) in [5, 5.41) is 5.93. The molecule has 0 aliphatic rings. The number of benzene rings is 3. The highest BCUT2D eigenvalue weighted by Gasteiger charge is 2.16. The highest BCUT2D eigenvalue weighted by molar-refractivity contribution is 9.10. The second-order valence-electron chi connectivity index (χ2n) is 7.68. The van der Waals surface area contributed by atoms with Crippen molar-refractivity contribution in [3.63, 3.8) is 0 Å². The van der Waals surface area contributed by atoms with Crippen LogP contribution in [0.25, 0.3) is 0 Å². The highest BCUT2D eigenvalue weighted by atomic mass is 79.9. The molecule has 1 amide bonds. The van der Waals surface area contributed by atoms with Crippen molar-refractivity contribution in [3.05, 3.63) is 88.4 Å². The average molecular weight is 527 g/mol. The summed E-state index contributed by atoms with van der Waals surface area (Å²) in [4.78, 5) is 12.7. The number of anilines is 1. The molecule has 0 spiro atoms. The Bertz CT molecular complexity index is 1070. The number of carbonyl (C=O) groups excluding carboxylic acids is 1. The smallest absolute Gasteiger partial charge is 0.261 e. The average Bonchev–Trinajstić information content (AvgIpc) is 2.79. The van der Waals surface area contributed by atoms with Gasteiger partial charge in [0.25, 0.3) is 5.91 Å². The Balaban J connectivity index is 1.48. The van der Waals surface area contributed by atoms with Crippen LogP contribution in [-0.2, 0) is 6.42 Å². The molecule has 3 aromatic carbocycles. The molecule has 3 aromatic rings. The molecule has 2 N–H and O–H groups in total. The van der Waals surface area contributed by atoms with Gasteiger partial charge in [-0.2, -0.15) is 0 Å². The molecule has 33 heavy (non-hydrogen) atoms. The van der Waals surface area contributed by atoms with Crippen molar-refractivity contribution in [2.45, 2.75) is 32.8 Å². The van der Waals surface area contributed by atoms with Crippen LogP contribution in [0.2, 0.25) is 0 Å². The van der Waals surface area contributed by atoms with E-state index in [-0.39, 0.29) is 17.1 Å². The molecule has 3 rings (SSSR count). The number of aryl methyl sites for hydroxylation is 1. The Morgan fingerprint density at radius 1 is 1.03 bits per heavy atom. The topological polar surface area (TPSA) is 59.6 Å². The van der Waals surface area contributed by atoms with Crippen LogP contribution in [0.15, 0.2) is 77.3 Å². The number of thiocarbonyl (C=S) groups is 1. The van der Waals surface area contributed by atoms with Gasteiger partial charge in [0.15, 0.2) is 5.11 Å². The third-order valence-corrected chi connectivity index (χ3v) is 5.31. The van der Waals surface area contributed by atoms with Crippen LogP contribution in [-0.4, -0.2) is 23.7 Å². The minimum Gasteiger partial charge on any atom is -0.494 e. The molecule has 172 valence electrons. The first kappa shape index (κ1) is 24.7. The molecule has 7 heteroatoms. The molecule has 0 aromatic heterocycles. The summed E-state index contributed by atoms with van der Waals surface area (Å²) in [6.07, 6.45) is 1.87. The zero-order valence-corrected chi connectivity index (χ0v) is 21.0. The maximum Gasteiger partial charge on any atom is 0.261 e. The van der Waals surface area contributed by atoms with Crippen molar-refractivity contribution in [2.24, 2.45) is 0 Å². The van der Waals surface area contributed by atoms with Gasteiger partial charge in [-0.1, -0.05) is 46.3 Å². The molecule has 0 bridgehead atoms. The number of amides is 1. The molecular formula is C26H27BrN2O3S. The van der Waals surface area contributed by atoms with Crippen LogP contribution in [0.3, 0.4) is 0 Å². The van der Waals surface area contributed by atoms with Gasteiger partial charge in [-0.15, -0.1) is 0 Å². The first-order valence-electron chi connectivity index (χ1n) is 10.8. The maximum absolute atomic E-state index is 12.7. The van der Waals surface area contributed by atoms with Gasteiger partial charge in [0.2, 0.25) is 0 Å². The fourth-order valence-corrected chi connectivity index (χ4v) is 3.69. The van der Waals surface area contributed by atoms with E-state index in [1.165, 1.54) is 5.56 Å². The standard InChI is InChI=1S/C26H27BrN2O3S/c1-18(2)32-24-15-10-20(27)17-23(24)25(30)29-26(33)28-21-11-13-22(14-12-21)31-16-6-9-19-7-4-3-5-8-19/h3-5,7-8,10-15,17-18H,6,9,16H2,1-2H3,(H2,28,29,30,33). The number of nitrogens with one attached hydrogen (secondary N) is 2. The third-order valence-electron chi connectivity index (χ3n) is 4.61. The molecular weight excluding hydrogens is 500 g/mol. The second-order valence-corrected chi connectivity index (χ2v) is 9.00. The number of halogens is 1. The second kappa shape index (κ2) is 12.4. The van der Waals surface area contributed by atoms with Crippen molar-refractivity contribution in [1.82, 2.24) is 5.32 Å². The minimum atomic E-state index is -0.345. The SMILES string of the molecule is CC(C)Oc1ccc(Br)cc1C(=O)NC(=S)Nc1ccc(OCCCc2ccccc2)cc1. The Kier molecular flexibility index (Phi) is 9.27. The largest absolute Gasteiger partial charge is 0.494 e. The normalized spacial score (nSPS) is 10.5. The van der Waals surface area contributed by atoms with E-state index in [4.69, 9.17) is 21.7 Å². The lowest BCUT2D eigenvalue weighted by Gasteiger charge is -2.15. The van der Waals surface area contributed by atoms with E-state index >= 15 is 0 Å². The Morgan fingerprint density at radius 3 is 2.45 bits per heavy atom. The summed E-state index contributed by atoms with van der Waals surface area (Å²) < 4.78 is 12.3.